The lowest BCUT2D eigenvalue weighted by Crippen LogP contribution is -2.40. The van der Waals surface area contributed by atoms with Crippen LogP contribution in [0.2, 0.25) is 0 Å². The molecule has 0 bridgehead atoms. The van der Waals surface area contributed by atoms with E-state index in [0.717, 1.165) is 0 Å². The van der Waals surface area contributed by atoms with Gasteiger partial charge in [0, 0.05) is 33.3 Å². The lowest BCUT2D eigenvalue weighted by atomic mass is 10.2. The van der Waals surface area contributed by atoms with Gasteiger partial charge in [0.1, 0.15) is 0 Å². The van der Waals surface area contributed by atoms with E-state index < -0.39 is 51.0 Å². The minimum absolute atomic E-state index is 0.424. The Morgan fingerprint density at radius 2 is 1.43 bits per heavy atom. The summed E-state index contributed by atoms with van der Waals surface area (Å²) in [5.74, 6) is 0. The van der Waals surface area contributed by atoms with Crippen LogP contribution in [0.25, 0.3) is 0 Å². The molecule has 0 aromatic carbocycles. The number of nitrogens with one attached hydrogen (secondary N) is 2. The van der Waals surface area contributed by atoms with Gasteiger partial charge in [0.15, 0.2) is 0 Å². The van der Waals surface area contributed by atoms with Crippen molar-refractivity contribution in [3.8, 4) is 0 Å². The molecule has 2 atom stereocenters. The lowest BCUT2D eigenvalue weighted by Gasteiger charge is -2.17. The summed E-state index contributed by atoms with van der Waals surface area (Å²) in [6, 6.07) is -5.22. The number of hydrogen-bond acceptors (Lipinski definition) is 4. The molecule has 2 unspecified atom stereocenters. The zero-order valence-electron chi connectivity index (χ0n) is 18.3. The van der Waals surface area contributed by atoms with Gasteiger partial charge in [-0.2, -0.15) is 0 Å². The van der Waals surface area contributed by atoms with Crippen LogP contribution in [0.3, 0.4) is 0 Å². The van der Waals surface area contributed by atoms with Gasteiger partial charge in [-0.3, -0.25) is 0 Å². The Bertz CT molecular complexity index is 398. The van der Waals surface area contributed by atoms with Gasteiger partial charge in [-0.25, -0.2) is 0 Å². The van der Waals surface area contributed by atoms with E-state index in [4.69, 9.17) is 13.7 Å². The summed E-state index contributed by atoms with van der Waals surface area (Å²) in [6.45, 7) is -10.3. The normalized spacial score (nSPS) is 34.6. The van der Waals surface area contributed by atoms with Crippen molar-refractivity contribution in [1.29, 1.82) is 0 Å². The van der Waals surface area contributed by atoms with Gasteiger partial charge in [-0.15, -0.1) is 0 Å². The van der Waals surface area contributed by atoms with Crippen molar-refractivity contribution in [1.82, 2.24) is 10.6 Å². The molecule has 0 heterocycles. The SMILES string of the molecule is [2H]C([2H])(O)C([2H])(CC)NC([2H])([2H])C([2H])([2H])NC([2H])(CC)C([2H])([2H])O. The predicted molar refractivity (Wildman–Crippen MR) is 58.3 cm³/mol. The van der Waals surface area contributed by atoms with E-state index in [1.54, 1.807) is 10.6 Å². The molecular weight excluding hydrogens is 180 g/mol. The van der Waals surface area contributed by atoms with Crippen LogP contribution >= 0.6 is 0 Å². The maximum absolute atomic E-state index is 9.41. The van der Waals surface area contributed by atoms with Gasteiger partial charge in [0.25, 0.3) is 0 Å². The summed E-state index contributed by atoms with van der Waals surface area (Å²) in [6.07, 6.45) is -0.848. The monoisotopic (exact) mass is 214 g/mol. The van der Waals surface area contributed by atoms with Crippen LogP contribution in [0, 0.1) is 0 Å². The van der Waals surface area contributed by atoms with Crippen LogP contribution in [0.1, 0.15) is 40.4 Å². The predicted octanol–water partition coefficient (Wildman–Crippen LogP) is -0.293. The third kappa shape index (κ3) is 6.32. The van der Waals surface area contributed by atoms with E-state index in [1.165, 1.54) is 13.8 Å². The van der Waals surface area contributed by atoms with E-state index in [-0.39, 0.29) is 0 Å². The lowest BCUT2D eigenvalue weighted by molar-refractivity contribution is 0.229. The standard InChI is InChI=1S/C10H24N2O2/c1-3-9(7-13)11-5-6-12-10(4-2)8-14/h9-14H,3-8H2,1-2H3/i5D2,6D2,7D2,8D2,9D,10D. The molecule has 0 fully saturated rings. The molecule has 0 spiro atoms. The molecule has 4 N–H and O–H groups in total. The molecule has 0 saturated carbocycles. The Labute approximate surface area is 101 Å². The zero-order valence-corrected chi connectivity index (χ0v) is 8.31. The second-order valence-corrected chi connectivity index (χ2v) is 2.39. The topological polar surface area (TPSA) is 64.5 Å². The van der Waals surface area contributed by atoms with Gasteiger partial charge >= 0.3 is 0 Å². The van der Waals surface area contributed by atoms with Crippen LogP contribution < -0.4 is 10.6 Å². The van der Waals surface area contributed by atoms with E-state index in [1.807, 2.05) is 0 Å². The smallest absolute Gasteiger partial charge is 0.0584 e. The van der Waals surface area contributed by atoms with Crippen molar-refractivity contribution in [2.75, 3.05) is 26.1 Å². The first-order valence-electron chi connectivity index (χ1n) is 9.32. The van der Waals surface area contributed by atoms with Crippen LogP contribution in [0.4, 0.5) is 0 Å². The zero-order chi connectivity index (χ0) is 19.8. The molecule has 0 aromatic heterocycles. The van der Waals surface area contributed by atoms with Crippen LogP contribution in [0.5, 0.6) is 0 Å². The Hall–Kier alpha value is -0.160. The van der Waals surface area contributed by atoms with E-state index >= 15 is 0 Å². The van der Waals surface area contributed by atoms with Crippen molar-refractivity contribution >= 4 is 0 Å². The summed E-state index contributed by atoms with van der Waals surface area (Å²) in [5.41, 5.74) is 0. The van der Waals surface area contributed by atoms with E-state index in [9.17, 15) is 10.2 Å². The molecule has 14 heavy (non-hydrogen) atoms. The Morgan fingerprint density at radius 1 is 1.07 bits per heavy atom. The maximum Gasteiger partial charge on any atom is 0.0584 e. The van der Waals surface area contributed by atoms with Crippen LogP contribution in [-0.4, -0.2) is 48.4 Å². The van der Waals surface area contributed by atoms with E-state index in [0.29, 0.717) is 0 Å². The molecule has 0 aliphatic carbocycles. The second-order valence-electron chi connectivity index (χ2n) is 2.39. The van der Waals surface area contributed by atoms with Crippen molar-refractivity contribution in [3.05, 3.63) is 0 Å². The molecule has 0 rings (SSSR count). The largest absolute Gasteiger partial charge is 0.395 e. The minimum atomic E-state index is -3.21. The molecule has 0 aliphatic heterocycles. The van der Waals surface area contributed by atoms with Gasteiger partial charge in [-0.1, -0.05) is 13.8 Å². The highest BCUT2D eigenvalue weighted by Gasteiger charge is 2.04. The van der Waals surface area contributed by atoms with Crippen molar-refractivity contribution < 1.29 is 23.9 Å². The minimum Gasteiger partial charge on any atom is -0.395 e. The molecular formula is C10H24N2O2. The van der Waals surface area contributed by atoms with Gasteiger partial charge < -0.3 is 20.8 Å². The Kier molecular flexibility index (Phi) is 2.94. The highest BCUT2D eigenvalue weighted by molar-refractivity contribution is 4.67. The highest BCUT2D eigenvalue weighted by atomic mass is 16.3. The second kappa shape index (κ2) is 9.40. The molecule has 0 radical (unpaired) electrons. The van der Waals surface area contributed by atoms with Crippen molar-refractivity contribution in [3.63, 3.8) is 0 Å². The van der Waals surface area contributed by atoms with Crippen LogP contribution in [0.15, 0.2) is 0 Å². The average Bonchev–Trinajstić information content (AvgIpc) is 2.34. The first kappa shape index (κ1) is 4.37. The Morgan fingerprint density at radius 3 is 1.64 bits per heavy atom. The van der Waals surface area contributed by atoms with Gasteiger partial charge in [0.2, 0.25) is 0 Å². The summed E-state index contributed by atoms with van der Waals surface area (Å²) in [5, 5.41) is 22.3. The van der Waals surface area contributed by atoms with Crippen molar-refractivity contribution in [2.24, 2.45) is 0 Å². The summed E-state index contributed by atoms with van der Waals surface area (Å²) < 4.78 is 75.5. The third-order valence-electron chi connectivity index (χ3n) is 1.47. The first-order valence-corrected chi connectivity index (χ1v) is 4.32. The maximum atomic E-state index is 9.41. The quantitative estimate of drug-likeness (QED) is 0.426. The Balaban J connectivity index is 5.69. The molecule has 86 valence electrons. The molecule has 0 amide bonds. The fourth-order valence-electron chi connectivity index (χ4n) is 0.604. The number of hydrogen-bond donors (Lipinski definition) is 4. The molecule has 0 saturated heterocycles. The van der Waals surface area contributed by atoms with Gasteiger partial charge in [-0.05, 0) is 12.8 Å². The molecule has 0 aliphatic rings. The molecule has 4 heteroatoms. The third-order valence-corrected chi connectivity index (χ3v) is 1.47. The summed E-state index contributed by atoms with van der Waals surface area (Å²) in [4.78, 5) is 0. The number of aliphatic hydroxyl groups is 2. The summed E-state index contributed by atoms with van der Waals surface area (Å²) >= 11 is 0. The molecule has 4 nitrogen and oxygen atoms in total. The summed E-state index contributed by atoms with van der Waals surface area (Å²) in [7, 11) is 0. The number of rotatable bonds is 9. The first-order chi connectivity index (χ1) is 10.3. The fraction of sp³-hybridized carbons (Fsp3) is 1.00. The highest BCUT2D eigenvalue weighted by Crippen LogP contribution is 1.89. The fourth-order valence-corrected chi connectivity index (χ4v) is 0.604. The van der Waals surface area contributed by atoms with E-state index in [2.05, 4.69) is 0 Å². The van der Waals surface area contributed by atoms with Crippen molar-refractivity contribution in [2.45, 2.75) is 38.7 Å². The van der Waals surface area contributed by atoms with Crippen LogP contribution in [-0.2, 0) is 0 Å². The average molecular weight is 214 g/mol. The van der Waals surface area contributed by atoms with Gasteiger partial charge in [0.05, 0.1) is 18.6 Å². The molecule has 0 aromatic rings.